The van der Waals surface area contributed by atoms with Gasteiger partial charge in [-0.1, -0.05) is 12.1 Å². The Morgan fingerprint density at radius 2 is 2.16 bits per heavy atom. The van der Waals surface area contributed by atoms with E-state index in [-0.39, 0.29) is 12.5 Å². The van der Waals surface area contributed by atoms with E-state index in [1.165, 1.54) is 6.92 Å². The second kappa shape index (κ2) is 5.42. The summed E-state index contributed by atoms with van der Waals surface area (Å²) in [5, 5.41) is 23.4. The molecule has 2 aromatic rings. The van der Waals surface area contributed by atoms with Crippen molar-refractivity contribution < 1.29 is 15.0 Å². The molecular weight excluding hydrogens is 244 g/mol. The number of aromatic nitrogens is 1. The average Bonchev–Trinajstić information content (AvgIpc) is 2.77. The molecule has 5 heteroatoms. The maximum absolute atomic E-state index is 10.8. The Kier molecular flexibility index (Phi) is 3.87. The standard InChI is InChI=1S/C14H18N2O3/c1-8-3-4-10-11(6-16-12(10)5-8)14(19)13(18)7-15-9(2)17/h3-6,13-14,16,18-19H,7H2,1-2H3,(H,15,17). The molecule has 0 saturated heterocycles. The van der Waals surface area contributed by atoms with Crippen molar-refractivity contribution in [1.82, 2.24) is 10.3 Å². The van der Waals surface area contributed by atoms with Gasteiger partial charge in [0.1, 0.15) is 12.2 Å². The third-order valence-electron chi connectivity index (χ3n) is 3.11. The molecule has 1 aromatic carbocycles. The quantitative estimate of drug-likeness (QED) is 0.663. The smallest absolute Gasteiger partial charge is 0.216 e. The van der Waals surface area contributed by atoms with Gasteiger partial charge in [0.25, 0.3) is 0 Å². The van der Waals surface area contributed by atoms with Crippen molar-refractivity contribution in [2.75, 3.05) is 6.54 Å². The predicted molar refractivity (Wildman–Crippen MR) is 72.7 cm³/mol. The molecule has 0 saturated carbocycles. The van der Waals surface area contributed by atoms with Gasteiger partial charge in [-0.3, -0.25) is 4.79 Å². The Bertz CT molecular complexity index is 591. The van der Waals surface area contributed by atoms with Crippen LogP contribution in [0.5, 0.6) is 0 Å². The molecular formula is C14H18N2O3. The lowest BCUT2D eigenvalue weighted by Crippen LogP contribution is -2.34. The van der Waals surface area contributed by atoms with Crippen LogP contribution in [0.3, 0.4) is 0 Å². The Morgan fingerprint density at radius 3 is 2.84 bits per heavy atom. The van der Waals surface area contributed by atoms with Crippen molar-refractivity contribution in [2.24, 2.45) is 0 Å². The van der Waals surface area contributed by atoms with Gasteiger partial charge in [-0.2, -0.15) is 0 Å². The SMILES string of the molecule is CC(=O)NCC(O)C(O)c1c[nH]c2cc(C)ccc12. The molecule has 102 valence electrons. The summed E-state index contributed by atoms with van der Waals surface area (Å²) < 4.78 is 0. The van der Waals surface area contributed by atoms with Gasteiger partial charge in [0.15, 0.2) is 0 Å². The third kappa shape index (κ3) is 2.94. The molecule has 0 aliphatic heterocycles. The molecule has 19 heavy (non-hydrogen) atoms. The summed E-state index contributed by atoms with van der Waals surface area (Å²) in [5.74, 6) is -0.235. The first-order chi connectivity index (χ1) is 8.99. The Balaban J connectivity index is 2.21. The number of hydrogen-bond donors (Lipinski definition) is 4. The number of aryl methyl sites for hydroxylation is 1. The number of carbonyl (C=O) groups is 1. The maximum Gasteiger partial charge on any atom is 0.216 e. The van der Waals surface area contributed by atoms with E-state index in [0.717, 1.165) is 16.5 Å². The highest BCUT2D eigenvalue weighted by atomic mass is 16.3. The molecule has 0 aliphatic carbocycles. The van der Waals surface area contributed by atoms with Crippen LogP contribution in [0.4, 0.5) is 0 Å². The van der Waals surface area contributed by atoms with Crippen molar-refractivity contribution in [3.63, 3.8) is 0 Å². The number of aliphatic hydroxyl groups excluding tert-OH is 2. The van der Waals surface area contributed by atoms with Crippen LogP contribution in [-0.4, -0.2) is 33.8 Å². The molecule has 2 atom stereocenters. The number of amides is 1. The average molecular weight is 262 g/mol. The topological polar surface area (TPSA) is 85.3 Å². The van der Waals surface area contributed by atoms with Crippen LogP contribution in [-0.2, 0) is 4.79 Å². The number of aliphatic hydroxyl groups is 2. The van der Waals surface area contributed by atoms with E-state index in [1.54, 1.807) is 6.20 Å². The van der Waals surface area contributed by atoms with Gasteiger partial charge < -0.3 is 20.5 Å². The fourth-order valence-electron chi connectivity index (χ4n) is 2.07. The summed E-state index contributed by atoms with van der Waals surface area (Å²) in [4.78, 5) is 13.9. The molecule has 1 amide bonds. The van der Waals surface area contributed by atoms with Gasteiger partial charge in [0.2, 0.25) is 5.91 Å². The van der Waals surface area contributed by atoms with Gasteiger partial charge in [-0.05, 0) is 18.6 Å². The summed E-state index contributed by atoms with van der Waals surface area (Å²) in [5.41, 5.74) is 2.67. The van der Waals surface area contributed by atoms with Crippen LogP contribution in [0.15, 0.2) is 24.4 Å². The Labute approximate surface area is 111 Å². The molecule has 2 unspecified atom stereocenters. The zero-order valence-electron chi connectivity index (χ0n) is 11.0. The highest BCUT2D eigenvalue weighted by Crippen LogP contribution is 2.26. The van der Waals surface area contributed by atoms with Crippen LogP contribution in [0.2, 0.25) is 0 Å². The van der Waals surface area contributed by atoms with E-state index >= 15 is 0 Å². The van der Waals surface area contributed by atoms with Crippen LogP contribution < -0.4 is 5.32 Å². The van der Waals surface area contributed by atoms with Gasteiger partial charge in [-0.25, -0.2) is 0 Å². The zero-order chi connectivity index (χ0) is 14.0. The molecule has 0 aliphatic rings. The summed E-state index contributed by atoms with van der Waals surface area (Å²) >= 11 is 0. The second-order valence-electron chi connectivity index (χ2n) is 4.74. The van der Waals surface area contributed by atoms with Gasteiger partial charge in [0, 0.05) is 36.1 Å². The number of aromatic amines is 1. The molecule has 0 bridgehead atoms. The van der Waals surface area contributed by atoms with Gasteiger partial charge in [0.05, 0.1) is 0 Å². The first-order valence-corrected chi connectivity index (χ1v) is 6.17. The lowest BCUT2D eigenvalue weighted by Gasteiger charge is -2.17. The number of rotatable bonds is 4. The lowest BCUT2D eigenvalue weighted by molar-refractivity contribution is -0.119. The minimum atomic E-state index is -1.04. The van der Waals surface area contributed by atoms with Crippen LogP contribution in [0, 0.1) is 6.92 Å². The number of hydrogen-bond acceptors (Lipinski definition) is 3. The third-order valence-corrected chi connectivity index (χ3v) is 3.11. The molecule has 0 radical (unpaired) electrons. The van der Waals surface area contributed by atoms with E-state index < -0.39 is 12.2 Å². The number of nitrogens with one attached hydrogen (secondary N) is 2. The number of H-pyrrole nitrogens is 1. The first kappa shape index (κ1) is 13.6. The van der Waals surface area contributed by atoms with Crippen LogP contribution in [0.1, 0.15) is 24.2 Å². The van der Waals surface area contributed by atoms with Crippen LogP contribution in [0.25, 0.3) is 10.9 Å². The molecule has 1 aromatic heterocycles. The largest absolute Gasteiger partial charge is 0.388 e. The molecule has 4 N–H and O–H groups in total. The normalized spacial score (nSPS) is 14.3. The van der Waals surface area contributed by atoms with Gasteiger partial charge in [-0.15, -0.1) is 0 Å². The lowest BCUT2D eigenvalue weighted by atomic mass is 10.0. The Morgan fingerprint density at radius 1 is 1.42 bits per heavy atom. The minimum Gasteiger partial charge on any atom is -0.388 e. The first-order valence-electron chi connectivity index (χ1n) is 6.17. The molecule has 0 fully saturated rings. The fourth-order valence-corrected chi connectivity index (χ4v) is 2.07. The van der Waals surface area contributed by atoms with E-state index in [2.05, 4.69) is 10.3 Å². The minimum absolute atomic E-state index is 0.0229. The predicted octanol–water partition coefficient (Wildman–Crippen LogP) is 1.01. The fraction of sp³-hybridized carbons (Fsp3) is 0.357. The summed E-state index contributed by atoms with van der Waals surface area (Å²) in [6.07, 6.45) is -0.390. The highest BCUT2D eigenvalue weighted by molar-refractivity contribution is 5.84. The van der Waals surface area contributed by atoms with Crippen LogP contribution >= 0.6 is 0 Å². The van der Waals surface area contributed by atoms with Crippen molar-refractivity contribution in [2.45, 2.75) is 26.1 Å². The number of fused-ring (bicyclic) bond motifs is 1. The second-order valence-corrected chi connectivity index (χ2v) is 4.74. The summed E-state index contributed by atoms with van der Waals surface area (Å²) in [6, 6.07) is 5.84. The molecule has 5 nitrogen and oxygen atoms in total. The van der Waals surface area contributed by atoms with Crippen molar-refractivity contribution in [3.8, 4) is 0 Å². The molecule has 2 rings (SSSR count). The number of carbonyl (C=O) groups excluding carboxylic acids is 1. The summed E-state index contributed by atoms with van der Waals surface area (Å²) in [7, 11) is 0. The zero-order valence-corrected chi connectivity index (χ0v) is 11.0. The van der Waals surface area contributed by atoms with E-state index in [4.69, 9.17) is 0 Å². The molecule has 1 heterocycles. The van der Waals surface area contributed by atoms with Crippen molar-refractivity contribution in [1.29, 1.82) is 0 Å². The Hall–Kier alpha value is -1.85. The van der Waals surface area contributed by atoms with Crippen molar-refractivity contribution >= 4 is 16.8 Å². The molecule has 0 spiro atoms. The van der Waals surface area contributed by atoms with E-state index in [0.29, 0.717) is 5.56 Å². The monoisotopic (exact) mass is 262 g/mol. The maximum atomic E-state index is 10.8. The van der Waals surface area contributed by atoms with Crippen molar-refractivity contribution in [3.05, 3.63) is 35.5 Å². The number of benzene rings is 1. The van der Waals surface area contributed by atoms with E-state index in [1.807, 2.05) is 25.1 Å². The highest BCUT2D eigenvalue weighted by Gasteiger charge is 2.21. The van der Waals surface area contributed by atoms with E-state index in [9.17, 15) is 15.0 Å². The van der Waals surface area contributed by atoms with Gasteiger partial charge >= 0.3 is 0 Å². The summed E-state index contributed by atoms with van der Waals surface area (Å²) in [6.45, 7) is 3.38.